The van der Waals surface area contributed by atoms with Crippen LogP contribution in [0.2, 0.25) is 0 Å². The zero-order valence-corrected chi connectivity index (χ0v) is 9.70. The average molecular weight is 238 g/mol. The van der Waals surface area contributed by atoms with E-state index in [1.807, 2.05) is 0 Å². The number of halogens is 1. The third kappa shape index (κ3) is 2.39. The molecule has 92 valence electrons. The van der Waals surface area contributed by atoms with Crippen LogP contribution >= 0.6 is 0 Å². The second kappa shape index (κ2) is 5.14. The van der Waals surface area contributed by atoms with Gasteiger partial charge in [-0.25, -0.2) is 4.39 Å². The van der Waals surface area contributed by atoms with E-state index in [1.165, 1.54) is 19.2 Å². The van der Waals surface area contributed by atoms with Crippen LogP contribution in [-0.4, -0.2) is 44.1 Å². The van der Waals surface area contributed by atoms with Gasteiger partial charge in [-0.2, -0.15) is 0 Å². The van der Waals surface area contributed by atoms with Gasteiger partial charge in [0.05, 0.1) is 12.7 Å². The zero-order valence-electron chi connectivity index (χ0n) is 9.70. The number of ether oxygens (including phenoxy) is 1. The van der Waals surface area contributed by atoms with E-state index < -0.39 is 5.82 Å². The molecule has 1 aromatic rings. The van der Waals surface area contributed by atoms with E-state index in [4.69, 9.17) is 4.74 Å². The average Bonchev–Trinajstić information content (AvgIpc) is 2.39. The Hall–Kier alpha value is -1.62. The maximum absolute atomic E-state index is 13.9. The Labute approximate surface area is 99.4 Å². The smallest absolute Gasteiger partial charge is 0.257 e. The molecule has 0 aromatic heterocycles. The zero-order chi connectivity index (χ0) is 12.3. The van der Waals surface area contributed by atoms with E-state index in [0.717, 1.165) is 13.1 Å². The van der Waals surface area contributed by atoms with Crippen molar-refractivity contribution in [3.63, 3.8) is 0 Å². The number of nitrogens with zero attached hydrogens (tertiary/aromatic N) is 1. The molecular weight excluding hydrogens is 223 g/mol. The predicted molar refractivity (Wildman–Crippen MR) is 61.7 cm³/mol. The highest BCUT2D eigenvalue weighted by atomic mass is 19.1. The third-order valence-corrected chi connectivity index (χ3v) is 2.82. The first-order chi connectivity index (χ1) is 8.24. The van der Waals surface area contributed by atoms with Crippen molar-refractivity contribution >= 4 is 5.91 Å². The van der Waals surface area contributed by atoms with E-state index in [0.29, 0.717) is 13.1 Å². The van der Waals surface area contributed by atoms with Gasteiger partial charge in [-0.1, -0.05) is 6.07 Å². The number of rotatable bonds is 2. The predicted octanol–water partition coefficient (Wildman–Crippen LogP) is 0.880. The van der Waals surface area contributed by atoms with Gasteiger partial charge >= 0.3 is 0 Å². The van der Waals surface area contributed by atoms with E-state index in [1.54, 1.807) is 11.0 Å². The van der Waals surface area contributed by atoms with Crippen molar-refractivity contribution in [2.75, 3.05) is 33.3 Å². The molecule has 1 heterocycles. The lowest BCUT2D eigenvalue weighted by Gasteiger charge is -2.27. The molecule has 0 spiro atoms. The highest BCUT2D eigenvalue weighted by Crippen LogP contribution is 2.21. The summed E-state index contributed by atoms with van der Waals surface area (Å²) in [5, 5.41) is 3.15. The van der Waals surface area contributed by atoms with Crippen molar-refractivity contribution in [1.82, 2.24) is 10.2 Å². The highest BCUT2D eigenvalue weighted by Gasteiger charge is 2.22. The largest absolute Gasteiger partial charge is 0.494 e. The molecule has 0 bridgehead atoms. The monoisotopic (exact) mass is 238 g/mol. The van der Waals surface area contributed by atoms with Crippen LogP contribution in [-0.2, 0) is 0 Å². The Kier molecular flexibility index (Phi) is 3.58. The first kappa shape index (κ1) is 11.9. The Balaban J connectivity index is 2.23. The van der Waals surface area contributed by atoms with Crippen LogP contribution in [0.5, 0.6) is 5.75 Å². The number of hydrogen-bond acceptors (Lipinski definition) is 3. The fourth-order valence-corrected chi connectivity index (χ4v) is 1.87. The van der Waals surface area contributed by atoms with Crippen LogP contribution in [0.4, 0.5) is 4.39 Å². The number of benzene rings is 1. The van der Waals surface area contributed by atoms with Crippen LogP contribution in [0.15, 0.2) is 18.2 Å². The van der Waals surface area contributed by atoms with Gasteiger partial charge < -0.3 is 15.0 Å². The molecule has 1 aliphatic heterocycles. The molecule has 4 nitrogen and oxygen atoms in total. The molecule has 1 saturated heterocycles. The molecule has 0 unspecified atom stereocenters. The van der Waals surface area contributed by atoms with E-state index in [-0.39, 0.29) is 17.2 Å². The molecule has 1 N–H and O–H groups in total. The summed E-state index contributed by atoms with van der Waals surface area (Å²) in [4.78, 5) is 13.7. The SMILES string of the molecule is COc1cccc(C(=O)N2CCNCC2)c1F. The standard InChI is InChI=1S/C12H15FN2O2/c1-17-10-4-2-3-9(11(10)13)12(16)15-7-5-14-6-8-15/h2-4,14H,5-8H2,1H3. The van der Waals surface area contributed by atoms with E-state index >= 15 is 0 Å². The van der Waals surface area contributed by atoms with Crippen molar-refractivity contribution in [3.8, 4) is 5.75 Å². The Morgan fingerprint density at radius 2 is 2.12 bits per heavy atom. The van der Waals surface area contributed by atoms with Crippen molar-refractivity contribution in [2.24, 2.45) is 0 Å². The van der Waals surface area contributed by atoms with Crippen LogP contribution in [0, 0.1) is 5.82 Å². The fourth-order valence-electron chi connectivity index (χ4n) is 1.87. The minimum atomic E-state index is -0.585. The Bertz CT molecular complexity index is 417. The minimum Gasteiger partial charge on any atom is -0.494 e. The van der Waals surface area contributed by atoms with Gasteiger partial charge in [0.1, 0.15) is 0 Å². The molecular formula is C12H15FN2O2. The number of nitrogens with one attached hydrogen (secondary N) is 1. The van der Waals surface area contributed by atoms with Gasteiger partial charge in [0.2, 0.25) is 0 Å². The van der Waals surface area contributed by atoms with Gasteiger partial charge in [0, 0.05) is 26.2 Å². The molecule has 5 heteroatoms. The molecule has 1 aromatic carbocycles. The summed E-state index contributed by atoms with van der Waals surface area (Å²) in [6.07, 6.45) is 0. The first-order valence-electron chi connectivity index (χ1n) is 5.56. The van der Waals surface area contributed by atoms with Gasteiger partial charge in [-0.05, 0) is 12.1 Å². The lowest BCUT2D eigenvalue weighted by atomic mass is 10.1. The Morgan fingerprint density at radius 3 is 2.76 bits per heavy atom. The summed E-state index contributed by atoms with van der Waals surface area (Å²) in [6, 6.07) is 4.61. The molecule has 0 saturated carbocycles. The maximum atomic E-state index is 13.9. The third-order valence-electron chi connectivity index (χ3n) is 2.82. The van der Waals surface area contributed by atoms with Crippen LogP contribution in [0.25, 0.3) is 0 Å². The number of methoxy groups -OCH3 is 1. The normalized spacial score (nSPS) is 15.8. The number of carbonyl (C=O) groups is 1. The quantitative estimate of drug-likeness (QED) is 0.831. The van der Waals surface area contributed by atoms with E-state index in [2.05, 4.69) is 5.32 Å². The molecule has 0 atom stereocenters. The second-order valence-corrected chi connectivity index (χ2v) is 3.86. The number of carbonyl (C=O) groups excluding carboxylic acids is 1. The van der Waals surface area contributed by atoms with Crippen molar-refractivity contribution in [1.29, 1.82) is 0 Å². The second-order valence-electron chi connectivity index (χ2n) is 3.86. The number of hydrogen-bond donors (Lipinski definition) is 1. The summed E-state index contributed by atoms with van der Waals surface area (Å²) < 4.78 is 18.8. The highest BCUT2D eigenvalue weighted by molar-refractivity contribution is 5.95. The fraction of sp³-hybridized carbons (Fsp3) is 0.417. The summed E-state index contributed by atoms with van der Waals surface area (Å²) in [6.45, 7) is 2.71. The molecule has 17 heavy (non-hydrogen) atoms. The first-order valence-corrected chi connectivity index (χ1v) is 5.56. The lowest BCUT2D eigenvalue weighted by Crippen LogP contribution is -2.46. The molecule has 1 fully saturated rings. The minimum absolute atomic E-state index is 0.0752. The van der Waals surface area contributed by atoms with Crippen LogP contribution in [0.1, 0.15) is 10.4 Å². The molecule has 1 amide bonds. The summed E-state index contributed by atoms with van der Waals surface area (Å²) in [5.41, 5.74) is 0.0752. The number of amides is 1. The summed E-state index contributed by atoms with van der Waals surface area (Å²) in [5.74, 6) is -0.757. The van der Waals surface area contributed by atoms with Gasteiger partial charge in [0.25, 0.3) is 5.91 Å². The number of piperazine rings is 1. The van der Waals surface area contributed by atoms with Crippen molar-refractivity contribution in [3.05, 3.63) is 29.6 Å². The molecule has 0 radical (unpaired) electrons. The summed E-state index contributed by atoms with van der Waals surface area (Å²) in [7, 11) is 1.39. The van der Waals surface area contributed by atoms with Crippen molar-refractivity contribution < 1.29 is 13.9 Å². The topological polar surface area (TPSA) is 41.6 Å². The van der Waals surface area contributed by atoms with Gasteiger partial charge in [-0.15, -0.1) is 0 Å². The van der Waals surface area contributed by atoms with Gasteiger partial charge in [-0.3, -0.25) is 4.79 Å². The Morgan fingerprint density at radius 1 is 1.41 bits per heavy atom. The van der Waals surface area contributed by atoms with Crippen molar-refractivity contribution in [2.45, 2.75) is 0 Å². The lowest BCUT2D eigenvalue weighted by molar-refractivity contribution is 0.0730. The molecule has 2 rings (SSSR count). The summed E-state index contributed by atoms with van der Waals surface area (Å²) >= 11 is 0. The maximum Gasteiger partial charge on any atom is 0.257 e. The van der Waals surface area contributed by atoms with Crippen LogP contribution < -0.4 is 10.1 Å². The van der Waals surface area contributed by atoms with Gasteiger partial charge in [0.15, 0.2) is 11.6 Å². The molecule has 1 aliphatic rings. The molecule has 0 aliphatic carbocycles. The van der Waals surface area contributed by atoms with E-state index in [9.17, 15) is 9.18 Å². The van der Waals surface area contributed by atoms with Crippen LogP contribution in [0.3, 0.4) is 0 Å².